The predicted octanol–water partition coefficient (Wildman–Crippen LogP) is 5.36. The molecule has 2 aromatic rings. The molecule has 3 rings (SSSR count). The molecule has 0 unspecified atom stereocenters. The number of amides is 2. The fraction of sp³-hybridized carbons (Fsp3) is 0.133. The Labute approximate surface area is 150 Å². The molecule has 0 saturated carbocycles. The summed E-state index contributed by atoms with van der Waals surface area (Å²) in [5.41, 5.74) is 0.897. The van der Waals surface area contributed by atoms with Gasteiger partial charge in [-0.2, -0.15) is 0 Å². The SMILES string of the molecule is C=C1CCN(c2cnc(Oc3cccc(S(F)(F)(F)(F)F)c3)nc2)C(=O)N1. The number of rotatable bonds is 4. The highest BCUT2D eigenvalue weighted by atomic mass is 32.5. The molecule has 12 heteroatoms. The maximum Gasteiger partial charge on any atom is 0.326 e. The first-order valence-electron chi connectivity index (χ1n) is 7.42. The third-order valence-corrected chi connectivity index (χ3v) is 4.70. The maximum absolute atomic E-state index is 12.9. The molecule has 27 heavy (non-hydrogen) atoms. The first-order valence-corrected chi connectivity index (χ1v) is 9.37. The number of urea groups is 1. The van der Waals surface area contributed by atoms with Crippen molar-refractivity contribution in [3.8, 4) is 11.8 Å². The standard InChI is InChI=1S/C15H13F5N4O2S/c1-10-5-6-24(15(25)23-10)11-8-21-14(22-9-11)26-12-3-2-4-13(7-12)27(16,17,18,19)20/h2-4,7-9H,1,5-6H2,(H,23,25). The highest BCUT2D eigenvalue weighted by Crippen LogP contribution is 3.02. The Morgan fingerprint density at radius 3 is 2.41 bits per heavy atom. The van der Waals surface area contributed by atoms with Gasteiger partial charge in [0.05, 0.1) is 18.1 Å². The van der Waals surface area contributed by atoms with Gasteiger partial charge in [0.1, 0.15) is 10.6 Å². The molecule has 0 aliphatic carbocycles. The molecule has 146 valence electrons. The monoisotopic (exact) mass is 408 g/mol. The number of anilines is 1. The van der Waals surface area contributed by atoms with Crippen molar-refractivity contribution in [3.63, 3.8) is 0 Å². The van der Waals surface area contributed by atoms with E-state index in [-0.39, 0.29) is 18.1 Å². The molecule has 1 saturated heterocycles. The number of hydrogen-bond acceptors (Lipinski definition) is 4. The highest BCUT2D eigenvalue weighted by molar-refractivity contribution is 8.45. The molecule has 6 nitrogen and oxygen atoms in total. The van der Waals surface area contributed by atoms with Crippen LogP contribution in [0.1, 0.15) is 6.42 Å². The van der Waals surface area contributed by atoms with Crippen LogP contribution in [0.25, 0.3) is 0 Å². The smallest absolute Gasteiger partial charge is 0.326 e. The van der Waals surface area contributed by atoms with Crippen molar-refractivity contribution in [1.29, 1.82) is 0 Å². The fourth-order valence-corrected chi connectivity index (χ4v) is 2.94. The van der Waals surface area contributed by atoms with Crippen LogP contribution in [0.5, 0.6) is 11.8 Å². The van der Waals surface area contributed by atoms with Crippen LogP contribution in [-0.2, 0) is 0 Å². The summed E-state index contributed by atoms with van der Waals surface area (Å²) in [6.07, 6.45) is 2.97. The Balaban J connectivity index is 1.78. The number of carbonyl (C=O) groups is 1. The van der Waals surface area contributed by atoms with E-state index in [1.165, 1.54) is 17.3 Å². The number of benzene rings is 1. The molecule has 0 spiro atoms. The number of halogens is 5. The van der Waals surface area contributed by atoms with Gasteiger partial charge in [-0.3, -0.25) is 4.90 Å². The maximum atomic E-state index is 12.9. The normalized spacial score (nSPS) is 17.7. The van der Waals surface area contributed by atoms with Gasteiger partial charge in [-0.25, -0.2) is 14.8 Å². The molecule has 0 bridgehead atoms. The minimum Gasteiger partial charge on any atom is -0.424 e. The van der Waals surface area contributed by atoms with Crippen molar-refractivity contribution in [3.05, 3.63) is 48.9 Å². The number of ether oxygens (including phenoxy) is 1. The van der Waals surface area contributed by atoms with Gasteiger partial charge in [-0.05, 0) is 12.1 Å². The minimum atomic E-state index is -9.82. The van der Waals surface area contributed by atoms with Crippen molar-refractivity contribution in [2.24, 2.45) is 0 Å². The van der Waals surface area contributed by atoms with E-state index in [0.717, 1.165) is 12.1 Å². The van der Waals surface area contributed by atoms with Gasteiger partial charge in [-0.15, -0.1) is 0 Å². The lowest BCUT2D eigenvalue weighted by atomic mass is 10.2. The molecular formula is C15H13F5N4O2S. The predicted molar refractivity (Wildman–Crippen MR) is 89.6 cm³/mol. The van der Waals surface area contributed by atoms with Crippen molar-refractivity contribution >= 4 is 21.9 Å². The van der Waals surface area contributed by atoms with Crippen molar-refractivity contribution in [2.45, 2.75) is 11.3 Å². The Morgan fingerprint density at radius 2 is 1.81 bits per heavy atom. The number of nitrogens with zero attached hydrogens (tertiary/aromatic N) is 3. The topological polar surface area (TPSA) is 67.3 Å². The molecule has 1 aliphatic rings. The van der Waals surface area contributed by atoms with Gasteiger partial charge in [0, 0.05) is 24.7 Å². The van der Waals surface area contributed by atoms with E-state index in [9.17, 15) is 24.2 Å². The summed E-state index contributed by atoms with van der Waals surface area (Å²) in [5.74, 6) is -0.500. The molecule has 2 amide bonds. The number of hydrogen-bond donors (Lipinski definition) is 1. The zero-order chi connectivity index (χ0) is 19.9. The van der Waals surface area contributed by atoms with Crippen LogP contribution in [0.3, 0.4) is 0 Å². The van der Waals surface area contributed by atoms with Crippen LogP contribution in [0.2, 0.25) is 0 Å². The third kappa shape index (κ3) is 4.45. The van der Waals surface area contributed by atoms with E-state index in [0.29, 0.717) is 24.4 Å². The first-order chi connectivity index (χ1) is 12.3. The van der Waals surface area contributed by atoms with E-state index >= 15 is 0 Å². The van der Waals surface area contributed by atoms with E-state index in [4.69, 9.17) is 4.74 Å². The second kappa shape index (κ2) is 5.55. The van der Waals surface area contributed by atoms with Gasteiger partial charge < -0.3 is 10.1 Å². The largest absolute Gasteiger partial charge is 0.424 e. The fourth-order valence-electron chi connectivity index (χ4n) is 2.26. The summed E-state index contributed by atoms with van der Waals surface area (Å²) in [6.45, 7) is 3.99. The second-order valence-electron chi connectivity index (χ2n) is 5.71. The van der Waals surface area contributed by atoms with Gasteiger partial charge in [0.25, 0.3) is 0 Å². The number of aromatic nitrogens is 2. The summed E-state index contributed by atoms with van der Waals surface area (Å²) in [5, 5.41) is 2.54. The highest BCUT2D eigenvalue weighted by Gasteiger charge is 2.65. The van der Waals surface area contributed by atoms with E-state index in [1.807, 2.05) is 0 Å². The average Bonchev–Trinajstić information content (AvgIpc) is 2.54. The lowest BCUT2D eigenvalue weighted by Crippen LogP contribution is -2.45. The van der Waals surface area contributed by atoms with Crippen molar-refractivity contribution < 1.29 is 29.0 Å². The molecule has 1 aliphatic heterocycles. The van der Waals surface area contributed by atoms with Crippen molar-refractivity contribution in [1.82, 2.24) is 15.3 Å². The Hall–Kier alpha value is -2.89. The third-order valence-electron chi connectivity index (χ3n) is 3.55. The molecular weight excluding hydrogens is 395 g/mol. The van der Waals surface area contributed by atoms with Crippen LogP contribution in [0.4, 0.5) is 29.9 Å². The van der Waals surface area contributed by atoms with Gasteiger partial charge in [0.15, 0.2) is 0 Å². The Bertz CT molecular complexity index is 919. The molecule has 1 fully saturated rings. The lowest BCUT2D eigenvalue weighted by molar-refractivity contribution is 0.246. The van der Waals surface area contributed by atoms with Crippen LogP contribution in [0, 0.1) is 0 Å². The number of nitrogens with one attached hydrogen (secondary N) is 1. The zero-order valence-electron chi connectivity index (χ0n) is 13.5. The molecule has 1 N–H and O–H groups in total. The van der Waals surface area contributed by atoms with Crippen LogP contribution in [0.15, 0.2) is 53.8 Å². The van der Waals surface area contributed by atoms with Gasteiger partial charge >= 0.3 is 22.3 Å². The number of carbonyl (C=O) groups excluding carboxylic acids is 1. The summed E-state index contributed by atoms with van der Waals surface area (Å²) < 4.78 is 69.3. The molecule has 0 atom stereocenters. The lowest BCUT2D eigenvalue weighted by Gasteiger charge is -2.40. The molecule has 1 aromatic heterocycles. The quantitative estimate of drug-likeness (QED) is 0.692. The molecule has 2 heterocycles. The van der Waals surface area contributed by atoms with Crippen molar-refractivity contribution in [2.75, 3.05) is 11.4 Å². The summed E-state index contributed by atoms with van der Waals surface area (Å²) >= 11 is 0. The van der Waals surface area contributed by atoms with E-state index < -0.39 is 26.9 Å². The van der Waals surface area contributed by atoms with Crippen LogP contribution >= 0.6 is 10.2 Å². The van der Waals surface area contributed by atoms with Crippen LogP contribution in [-0.4, -0.2) is 22.5 Å². The summed E-state index contributed by atoms with van der Waals surface area (Å²) in [6, 6.07) is 1.52. The van der Waals surface area contributed by atoms with E-state index in [2.05, 4.69) is 21.9 Å². The summed E-state index contributed by atoms with van der Waals surface area (Å²) in [7, 11) is -9.82. The first kappa shape index (κ1) is 18.9. The second-order valence-corrected chi connectivity index (χ2v) is 8.11. The van der Waals surface area contributed by atoms with Crippen LogP contribution < -0.4 is 15.0 Å². The minimum absolute atomic E-state index is 0.183. The Morgan fingerprint density at radius 1 is 1.15 bits per heavy atom. The van der Waals surface area contributed by atoms with Gasteiger partial charge in [-0.1, -0.05) is 32.1 Å². The molecule has 1 aromatic carbocycles. The zero-order valence-corrected chi connectivity index (χ0v) is 14.4. The molecule has 0 radical (unpaired) electrons. The van der Waals surface area contributed by atoms with E-state index in [1.54, 1.807) is 0 Å². The average molecular weight is 408 g/mol. The Kier molecular flexibility index (Phi) is 3.88. The van der Waals surface area contributed by atoms with Gasteiger partial charge in [0.2, 0.25) is 0 Å². The summed E-state index contributed by atoms with van der Waals surface area (Å²) in [4.78, 5) is 18.7.